The lowest BCUT2D eigenvalue weighted by Gasteiger charge is -2.06. The molecule has 2 aromatic carbocycles. The topological polar surface area (TPSA) is 38.9 Å². The number of pyridine rings is 1. The Morgan fingerprint density at radius 2 is 1.85 bits per heavy atom. The summed E-state index contributed by atoms with van der Waals surface area (Å²) >= 11 is 0. The third-order valence-corrected chi connectivity index (χ3v) is 3.37. The van der Waals surface area contributed by atoms with Crippen molar-refractivity contribution in [2.45, 2.75) is 13.0 Å². The number of rotatable bonds is 3. The van der Waals surface area contributed by atoms with E-state index in [1.165, 1.54) is 6.07 Å². The van der Waals surface area contributed by atoms with Gasteiger partial charge in [-0.25, -0.2) is 4.39 Å². The minimum atomic E-state index is -0.247. The van der Waals surface area contributed by atoms with Crippen molar-refractivity contribution in [2.75, 3.05) is 0 Å². The smallest absolute Gasteiger partial charge is 0.127 e. The van der Waals surface area contributed by atoms with Crippen molar-refractivity contribution in [3.8, 4) is 0 Å². The van der Waals surface area contributed by atoms with Gasteiger partial charge in [0.05, 0.1) is 5.52 Å². The highest BCUT2D eigenvalue weighted by Gasteiger charge is 2.04. The third kappa shape index (κ3) is 2.53. The van der Waals surface area contributed by atoms with E-state index in [9.17, 15) is 4.39 Å². The zero-order valence-electron chi connectivity index (χ0n) is 11.0. The van der Waals surface area contributed by atoms with Crippen LogP contribution in [-0.4, -0.2) is 4.98 Å². The predicted molar refractivity (Wildman–Crippen MR) is 78.8 cm³/mol. The first-order valence-electron chi connectivity index (χ1n) is 6.58. The van der Waals surface area contributed by atoms with Crippen LogP contribution in [0.25, 0.3) is 10.9 Å². The number of para-hydroxylation sites is 1. The number of halogens is 1. The highest BCUT2D eigenvalue weighted by molar-refractivity contribution is 5.78. The molecule has 0 aliphatic carbocycles. The predicted octanol–water partition coefficient (Wildman–Crippen LogP) is 3.42. The van der Waals surface area contributed by atoms with Crippen LogP contribution in [0.2, 0.25) is 0 Å². The van der Waals surface area contributed by atoms with Crippen molar-refractivity contribution in [2.24, 2.45) is 5.73 Å². The minimum Gasteiger partial charge on any atom is -0.326 e. The molecule has 20 heavy (non-hydrogen) atoms. The molecule has 3 rings (SSSR count). The van der Waals surface area contributed by atoms with E-state index < -0.39 is 0 Å². The second kappa shape index (κ2) is 5.39. The number of nitrogens with two attached hydrogens (primary N) is 1. The Balaban J connectivity index is 1.92. The Morgan fingerprint density at radius 1 is 1.00 bits per heavy atom. The standard InChI is InChI=1S/C17H15FN2/c18-16-8-5-12(9-14(16)11-19)10-15-7-6-13-3-1-2-4-17(13)20-15/h1-9H,10-11,19H2. The van der Waals surface area contributed by atoms with E-state index >= 15 is 0 Å². The van der Waals surface area contributed by atoms with E-state index in [4.69, 9.17) is 5.73 Å². The van der Waals surface area contributed by atoms with E-state index in [1.54, 1.807) is 6.07 Å². The normalized spacial score (nSPS) is 10.9. The van der Waals surface area contributed by atoms with Gasteiger partial charge in [-0.15, -0.1) is 0 Å². The van der Waals surface area contributed by atoms with Gasteiger partial charge in [0, 0.05) is 29.6 Å². The summed E-state index contributed by atoms with van der Waals surface area (Å²) in [7, 11) is 0. The van der Waals surface area contributed by atoms with Crippen LogP contribution in [0.15, 0.2) is 54.6 Å². The van der Waals surface area contributed by atoms with Crippen LogP contribution in [-0.2, 0) is 13.0 Å². The van der Waals surface area contributed by atoms with Gasteiger partial charge in [0.25, 0.3) is 0 Å². The van der Waals surface area contributed by atoms with Crippen molar-refractivity contribution in [1.82, 2.24) is 4.98 Å². The number of aromatic nitrogens is 1. The fraction of sp³-hybridized carbons (Fsp3) is 0.118. The highest BCUT2D eigenvalue weighted by atomic mass is 19.1. The van der Waals surface area contributed by atoms with Crippen LogP contribution in [0.4, 0.5) is 4.39 Å². The van der Waals surface area contributed by atoms with Gasteiger partial charge < -0.3 is 5.73 Å². The van der Waals surface area contributed by atoms with Gasteiger partial charge in [-0.05, 0) is 23.8 Å². The van der Waals surface area contributed by atoms with Crippen molar-refractivity contribution in [3.05, 3.63) is 77.2 Å². The van der Waals surface area contributed by atoms with Crippen molar-refractivity contribution < 1.29 is 4.39 Å². The van der Waals surface area contributed by atoms with Gasteiger partial charge in [0.15, 0.2) is 0 Å². The van der Waals surface area contributed by atoms with Gasteiger partial charge in [-0.3, -0.25) is 4.98 Å². The van der Waals surface area contributed by atoms with Gasteiger partial charge >= 0.3 is 0 Å². The summed E-state index contributed by atoms with van der Waals surface area (Å²) in [5.41, 5.74) is 9.05. The first kappa shape index (κ1) is 12.8. The summed E-state index contributed by atoms with van der Waals surface area (Å²) in [5, 5.41) is 1.12. The van der Waals surface area contributed by atoms with Crippen molar-refractivity contribution >= 4 is 10.9 Å². The largest absolute Gasteiger partial charge is 0.326 e. The molecular formula is C17H15FN2. The Bertz CT molecular complexity index is 753. The summed E-state index contributed by atoms with van der Waals surface area (Å²) in [6, 6.07) is 17.1. The van der Waals surface area contributed by atoms with Crippen LogP contribution >= 0.6 is 0 Å². The van der Waals surface area contributed by atoms with Gasteiger partial charge in [0.2, 0.25) is 0 Å². The summed E-state index contributed by atoms with van der Waals surface area (Å²) in [4.78, 5) is 4.62. The molecule has 0 saturated carbocycles. The van der Waals surface area contributed by atoms with E-state index in [-0.39, 0.29) is 12.4 Å². The van der Waals surface area contributed by atoms with Crippen molar-refractivity contribution in [1.29, 1.82) is 0 Å². The molecule has 2 N–H and O–H groups in total. The molecule has 0 bridgehead atoms. The lowest BCUT2D eigenvalue weighted by molar-refractivity contribution is 0.610. The van der Waals surface area contributed by atoms with Gasteiger partial charge in [-0.1, -0.05) is 36.4 Å². The second-order valence-corrected chi connectivity index (χ2v) is 4.80. The average molecular weight is 266 g/mol. The molecule has 3 heteroatoms. The Labute approximate surface area is 117 Å². The molecule has 0 fully saturated rings. The van der Waals surface area contributed by atoms with Crippen LogP contribution in [0, 0.1) is 5.82 Å². The highest BCUT2D eigenvalue weighted by Crippen LogP contribution is 2.16. The Morgan fingerprint density at radius 3 is 2.70 bits per heavy atom. The summed E-state index contributed by atoms with van der Waals surface area (Å²) in [6.45, 7) is 0.213. The molecule has 1 aromatic heterocycles. The molecule has 0 atom stereocenters. The Kier molecular flexibility index (Phi) is 3.44. The molecule has 0 amide bonds. The summed E-state index contributed by atoms with van der Waals surface area (Å²) < 4.78 is 13.4. The molecule has 0 aliphatic heterocycles. The monoisotopic (exact) mass is 266 g/mol. The van der Waals surface area contributed by atoms with E-state index in [1.807, 2.05) is 36.4 Å². The first-order valence-corrected chi connectivity index (χ1v) is 6.58. The molecule has 3 aromatic rings. The van der Waals surface area contributed by atoms with Gasteiger partial charge in [-0.2, -0.15) is 0 Å². The molecule has 100 valence electrons. The summed E-state index contributed by atoms with van der Waals surface area (Å²) in [6.07, 6.45) is 0.679. The number of fused-ring (bicyclic) bond motifs is 1. The van der Waals surface area contributed by atoms with Crippen LogP contribution in [0.1, 0.15) is 16.8 Å². The van der Waals surface area contributed by atoms with Crippen molar-refractivity contribution in [3.63, 3.8) is 0 Å². The lowest BCUT2D eigenvalue weighted by atomic mass is 10.0. The fourth-order valence-corrected chi connectivity index (χ4v) is 2.31. The van der Waals surface area contributed by atoms with E-state index in [0.29, 0.717) is 12.0 Å². The maximum atomic E-state index is 13.4. The fourth-order valence-electron chi connectivity index (χ4n) is 2.31. The third-order valence-electron chi connectivity index (χ3n) is 3.37. The number of nitrogens with zero attached hydrogens (tertiary/aromatic N) is 1. The zero-order valence-corrected chi connectivity index (χ0v) is 11.0. The maximum absolute atomic E-state index is 13.4. The minimum absolute atomic E-state index is 0.213. The molecule has 0 saturated heterocycles. The van der Waals surface area contributed by atoms with Gasteiger partial charge in [0.1, 0.15) is 5.82 Å². The molecule has 2 nitrogen and oxygen atoms in total. The maximum Gasteiger partial charge on any atom is 0.127 e. The summed E-state index contributed by atoms with van der Waals surface area (Å²) in [5.74, 6) is -0.247. The number of hydrogen-bond donors (Lipinski definition) is 1. The lowest BCUT2D eigenvalue weighted by Crippen LogP contribution is -2.01. The van der Waals surface area contributed by atoms with Crippen LogP contribution < -0.4 is 5.73 Å². The number of hydrogen-bond acceptors (Lipinski definition) is 2. The SMILES string of the molecule is NCc1cc(Cc2ccc3ccccc3n2)ccc1F. The van der Waals surface area contributed by atoms with Crippen LogP contribution in [0.5, 0.6) is 0 Å². The molecule has 0 aliphatic rings. The van der Waals surface area contributed by atoms with Crippen LogP contribution in [0.3, 0.4) is 0 Å². The zero-order chi connectivity index (χ0) is 13.9. The Hall–Kier alpha value is -2.26. The molecule has 0 spiro atoms. The first-order chi connectivity index (χ1) is 9.76. The quantitative estimate of drug-likeness (QED) is 0.789. The molecule has 0 radical (unpaired) electrons. The molecule has 1 heterocycles. The van der Waals surface area contributed by atoms with E-state index in [0.717, 1.165) is 22.2 Å². The molecular weight excluding hydrogens is 251 g/mol. The second-order valence-electron chi connectivity index (χ2n) is 4.80. The number of benzene rings is 2. The average Bonchev–Trinajstić information content (AvgIpc) is 2.49. The van der Waals surface area contributed by atoms with E-state index in [2.05, 4.69) is 11.1 Å². The molecule has 0 unspecified atom stereocenters.